The summed E-state index contributed by atoms with van der Waals surface area (Å²) in [6, 6.07) is 0. The van der Waals surface area contributed by atoms with Crippen LogP contribution in [0.15, 0.2) is 0 Å². The van der Waals surface area contributed by atoms with Crippen LogP contribution in [0.1, 0.15) is 53.9 Å². The molecule has 0 aromatic rings. The molecule has 17 heavy (non-hydrogen) atoms. The molecule has 2 N–H and O–H groups in total. The molecule has 3 heteroatoms. The number of hydrogen-bond donors (Lipinski definition) is 1. The molecule has 0 heterocycles. The molecule has 0 radical (unpaired) electrons. The van der Waals surface area contributed by atoms with E-state index in [4.69, 9.17) is 5.73 Å². The number of nitrogens with two attached hydrogens (primary N) is 1. The van der Waals surface area contributed by atoms with Crippen LogP contribution >= 0.6 is 0 Å². The highest BCUT2D eigenvalue weighted by atomic mass is 16.2. The van der Waals surface area contributed by atoms with Crippen molar-refractivity contribution in [1.29, 1.82) is 0 Å². The molecule has 0 bridgehead atoms. The van der Waals surface area contributed by atoms with E-state index in [1.807, 2.05) is 4.90 Å². The van der Waals surface area contributed by atoms with E-state index in [0.717, 1.165) is 32.4 Å². The lowest BCUT2D eigenvalue weighted by atomic mass is 9.84. The fourth-order valence-corrected chi connectivity index (χ4v) is 2.14. The fourth-order valence-electron chi connectivity index (χ4n) is 2.14. The second kappa shape index (κ2) is 7.70. The van der Waals surface area contributed by atoms with Gasteiger partial charge in [-0.05, 0) is 24.7 Å². The molecule has 102 valence electrons. The monoisotopic (exact) mass is 242 g/mol. The molecule has 0 aromatic carbocycles. The molecule has 0 saturated heterocycles. The normalized spacial score (nSPS) is 13.5. The smallest absolute Gasteiger partial charge is 0.226 e. The Morgan fingerprint density at radius 2 is 1.65 bits per heavy atom. The molecule has 0 fully saturated rings. The maximum atomic E-state index is 12.4. The largest absolute Gasteiger partial charge is 0.342 e. The topological polar surface area (TPSA) is 46.3 Å². The van der Waals surface area contributed by atoms with E-state index in [1.165, 1.54) is 0 Å². The van der Waals surface area contributed by atoms with Crippen molar-refractivity contribution in [1.82, 2.24) is 4.90 Å². The molecule has 0 aliphatic heterocycles. The highest BCUT2D eigenvalue weighted by Gasteiger charge is 2.26. The number of rotatable bonds is 7. The van der Waals surface area contributed by atoms with Crippen LogP contribution in [0.4, 0.5) is 0 Å². The lowest BCUT2D eigenvalue weighted by molar-refractivity contribution is -0.136. The third-order valence-electron chi connectivity index (χ3n) is 2.79. The van der Waals surface area contributed by atoms with Crippen molar-refractivity contribution in [2.75, 3.05) is 19.6 Å². The van der Waals surface area contributed by atoms with E-state index in [1.54, 1.807) is 0 Å². The first-order chi connectivity index (χ1) is 7.85. The second-order valence-corrected chi connectivity index (χ2v) is 6.02. The van der Waals surface area contributed by atoms with Crippen LogP contribution in [0.5, 0.6) is 0 Å². The van der Waals surface area contributed by atoms with Gasteiger partial charge < -0.3 is 10.6 Å². The Bertz CT molecular complexity index is 215. The van der Waals surface area contributed by atoms with Crippen LogP contribution in [0.2, 0.25) is 0 Å². The Labute approximate surface area is 107 Å². The standard InChI is InChI=1S/C14H30N2O/c1-6-8-16(9-7-2)13(17)12(11-15)10-14(3,4)5/h12H,6-11,15H2,1-5H3. The van der Waals surface area contributed by atoms with Crippen LogP contribution < -0.4 is 5.73 Å². The minimum atomic E-state index is -0.0203. The summed E-state index contributed by atoms with van der Waals surface area (Å²) in [5.41, 5.74) is 5.92. The third-order valence-corrected chi connectivity index (χ3v) is 2.79. The van der Waals surface area contributed by atoms with Crippen molar-refractivity contribution in [3.05, 3.63) is 0 Å². The van der Waals surface area contributed by atoms with E-state index >= 15 is 0 Å². The summed E-state index contributed by atoms with van der Waals surface area (Å²) in [5, 5.41) is 0. The Hall–Kier alpha value is -0.570. The first kappa shape index (κ1) is 16.4. The molecule has 3 nitrogen and oxygen atoms in total. The predicted octanol–water partition coefficient (Wildman–Crippen LogP) is 2.65. The number of nitrogens with zero attached hydrogens (tertiary/aromatic N) is 1. The average Bonchev–Trinajstić information content (AvgIpc) is 2.23. The number of hydrogen-bond acceptors (Lipinski definition) is 2. The van der Waals surface area contributed by atoms with Gasteiger partial charge in [-0.25, -0.2) is 0 Å². The van der Waals surface area contributed by atoms with Gasteiger partial charge in [0.05, 0.1) is 5.92 Å². The van der Waals surface area contributed by atoms with Crippen LogP contribution in [0, 0.1) is 11.3 Å². The minimum Gasteiger partial charge on any atom is -0.342 e. The van der Waals surface area contributed by atoms with E-state index < -0.39 is 0 Å². The fraction of sp³-hybridized carbons (Fsp3) is 0.929. The van der Waals surface area contributed by atoms with Gasteiger partial charge in [0.1, 0.15) is 0 Å². The SMILES string of the molecule is CCCN(CCC)C(=O)C(CN)CC(C)(C)C. The van der Waals surface area contributed by atoms with Gasteiger partial charge in [-0.2, -0.15) is 0 Å². The van der Waals surface area contributed by atoms with Gasteiger partial charge in [0.15, 0.2) is 0 Å². The Kier molecular flexibility index (Phi) is 7.44. The zero-order valence-electron chi connectivity index (χ0n) is 12.3. The molecule has 0 aliphatic carbocycles. The Morgan fingerprint density at radius 1 is 1.18 bits per heavy atom. The van der Waals surface area contributed by atoms with Crippen molar-refractivity contribution < 1.29 is 4.79 Å². The third kappa shape index (κ3) is 6.67. The van der Waals surface area contributed by atoms with Crippen molar-refractivity contribution in [2.24, 2.45) is 17.1 Å². The Balaban J connectivity index is 4.57. The van der Waals surface area contributed by atoms with Crippen molar-refractivity contribution in [3.8, 4) is 0 Å². The molecule has 0 spiro atoms. The average molecular weight is 242 g/mol. The molecular formula is C14H30N2O. The molecule has 0 aromatic heterocycles. The maximum Gasteiger partial charge on any atom is 0.226 e. The first-order valence-corrected chi connectivity index (χ1v) is 6.84. The van der Waals surface area contributed by atoms with Crippen LogP contribution in [0.25, 0.3) is 0 Å². The first-order valence-electron chi connectivity index (χ1n) is 6.84. The summed E-state index contributed by atoms with van der Waals surface area (Å²) in [6.45, 7) is 12.9. The molecule has 0 aliphatic rings. The molecule has 1 amide bonds. The number of carbonyl (C=O) groups excluding carboxylic acids is 1. The minimum absolute atomic E-state index is 0.0203. The predicted molar refractivity (Wildman–Crippen MR) is 73.8 cm³/mol. The van der Waals surface area contributed by atoms with Crippen molar-refractivity contribution >= 4 is 5.91 Å². The van der Waals surface area contributed by atoms with E-state index in [-0.39, 0.29) is 17.2 Å². The lowest BCUT2D eigenvalue weighted by Gasteiger charge is -2.30. The number of carbonyl (C=O) groups is 1. The molecule has 0 rings (SSSR count). The van der Waals surface area contributed by atoms with Crippen LogP contribution in [-0.4, -0.2) is 30.4 Å². The molecule has 0 saturated carbocycles. The van der Waals surface area contributed by atoms with Gasteiger partial charge in [0.25, 0.3) is 0 Å². The van der Waals surface area contributed by atoms with Crippen molar-refractivity contribution in [3.63, 3.8) is 0 Å². The maximum absolute atomic E-state index is 12.4. The summed E-state index contributed by atoms with van der Waals surface area (Å²) in [4.78, 5) is 14.4. The quantitative estimate of drug-likeness (QED) is 0.746. The van der Waals surface area contributed by atoms with E-state index in [0.29, 0.717) is 6.54 Å². The van der Waals surface area contributed by atoms with Gasteiger partial charge in [-0.15, -0.1) is 0 Å². The van der Waals surface area contributed by atoms with Crippen LogP contribution in [-0.2, 0) is 4.79 Å². The highest BCUT2D eigenvalue weighted by molar-refractivity contribution is 5.79. The lowest BCUT2D eigenvalue weighted by Crippen LogP contribution is -2.41. The van der Waals surface area contributed by atoms with Gasteiger partial charge in [0.2, 0.25) is 5.91 Å². The zero-order chi connectivity index (χ0) is 13.5. The Morgan fingerprint density at radius 3 is 1.94 bits per heavy atom. The van der Waals surface area contributed by atoms with Gasteiger partial charge in [-0.3, -0.25) is 4.79 Å². The highest BCUT2D eigenvalue weighted by Crippen LogP contribution is 2.25. The summed E-state index contributed by atoms with van der Waals surface area (Å²) >= 11 is 0. The van der Waals surface area contributed by atoms with Gasteiger partial charge in [-0.1, -0.05) is 34.6 Å². The second-order valence-electron chi connectivity index (χ2n) is 6.02. The molecular weight excluding hydrogens is 212 g/mol. The summed E-state index contributed by atoms with van der Waals surface area (Å²) in [7, 11) is 0. The van der Waals surface area contributed by atoms with E-state index in [2.05, 4.69) is 34.6 Å². The summed E-state index contributed by atoms with van der Waals surface area (Å²) in [6.07, 6.45) is 2.89. The zero-order valence-corrected chi connectivity index (χ0v) is 12.3. The van der Waals surface area contributed by atoms with Gasteiger partial charge in [0, 0.05) is 19.6 Å². The molecule has 1 unspecified atom stereocenters. The van der Waals surface area contributed by atoms with Crippen LogP contribution in [0.3, 0.4) is 0 Å². The van der Waals surface area contributed by atoms with Crippen molar-refractivity contribution in [2.45, 2.75) is 53.9 Å². The van der Waals surface area contributed by atoms with E-state index in [9.17, 15) is 4.79 Å². The summed E-state index contributed by atoms with van der Waals surface area (Å²) < 4.78 is 0. The number of amides is 1. The summed E-state index contributed by atoms with van der Waals surface area (Å²) in [5.74, 6) is 0.222. The van der Waals surface area contributed by atoms with Gasteiger partial charge >= 0.3 is 0 Å². The molecule has 1 atom stereocenters.